The second kappa shape index (κ2) is 14.7. The molecule has 6 nitrogen and oxygen atoms in total. The van der Waals surface area contributed by atoms with E-state index in [4.69, 9.17) is 15.4 Å². The van der Waals surface area contributed by atoms with Crippen molar-refractivity contribution in [2.45, 2.75) is 41.5 Å². The average molecular weight is 827 g/mol. The third kappa shape index (κ3) is 5.99. The van der Waals surface area contributed by atoms with Gasteiger partial charge < -0.3 is 18.6 Å². The highest BCUT2D eigenvalue weighted by Crippen LogP contribution is 2.49. The molecule has 0 aliphatic rings. The van der Waals surface area contributed by atoms with Gasteiger partial charge in [-0.1, -0.05) is 60.7 Å². The average Bonchev–Trinajstić information content (AvgIpc) is 3.86. The van der Waals surface area contributed by atoms with E-state index >= 15 is 0 Å². The highest BCUT2D eigenvalue weighted by Gasteiger charge is 2.25. The number of aryl methyl sites for hydroxylation is 4. The molecular weight excluding hydrogens is 785 g/mol. The van der Waals surface area contributed by atoms with Crippen LogP contribution in [0.1, 0.15) is 38.9 Å². The number of hydrogen-bond acceptors (Lipinski definition) is 5. The van der Waals surface area contributed by atoms with Crippen LogP contribution in [0.4, 0.5) is 39.8 Å². The molecule has 0 unspecified atom stereocenters. The van der Waals surface area contributed by atoms with Crippen LogP contribution in [0, 0.1) is 59.4 Å². The van der Waals surface area contributed by atoms with E-state index in [2.05, 4.69) is 153 Å². The molecule has 0 N–H and O–H groups in total. The minimum atomic E-state index is 0.596. The Kier molecular flexibility index (Phi) is 8.84. The minimum absolute atomic E-state index is 0.596. The molecule has 11 aromatic rings. The number of fused-ring (bicyclic) bond motifs is 10. The van der Waals surface area contributed by atoms with Crippen LogP contribution in [-0.2, 0) is 0 Å². The first-order valence-corrected chi connectivity index (χ1v) is 21.5. The molecule has 0 bridgehead atoms. The van der Waals surface area contributed by atoms with Crippen molar-refractivity contribution in [3.05, 3.63) is 196 Å². The van der Waals surface area contributed by atoms with Gasteiger partial charge in [0.05, 0.1) is 29.6 Å². The lowest BCUT2D eigenvalue weighted by Crippen LogP contribution is -2.11. The molecule has 2 heterocycles. The molecule has 0 aliphatic carbocycles. The van der Waals surface area contributed by atoms with E-state index in [0.29, 0.717) is 11.3 Å². The SMILES string of the molecule is [C-]#[N+]c1ccc(N(c2cc(C)c(C)c(C)c2)c2cc3oc4cc5oc6cc(N(c7ccc(C#N)cc7)c7cc(C)c(C)c(C)c7)c7ccccc7c6c5cc4c3c3ccccc23)cc1. The number of rotatable bonds is 6. The highest BCUT2D eigenvalue weighted by atomic mass is 16.3. The van der Waals surface area contributed by atoms with Crippen molar-refractivity contribution in [3.8, 4) is 6.07 Å². The smallest absolute Gasteiger partial charge is 0.187 e. The van der Waals surface area contributed by atoms with Gasteiger partial charge in [0.15, 0.2) is 5.69 Å². The van der Waals surface area contributed by atoms with Gasteiger partial charge in [-0.2, -0.15) is 5.26 Å². The maximum absolute atomic E-state index is 9.67. The second-order valence-electron chi connectivity index (χ2n) is 17.0. The molecule has 9 aromatic carbocycles. The quantitative estimate of drug-likeness (QED) is 0.156. The summed E-state index contributed by atoms with van der Waals surface area (Å²) < 4.78 is 13.8. The van der Waals surface area contributed by atoms with Gasteiger partial charge in [0.2, 0.25) is 0 Å². The number of benzene rings is 9. The predicted molar refractivity (Wildman–Crippen MR) is 265 cm³/mol. The van der Waals surface area contributed by atoms with Crippen LogP contribution in [-0.4, -0.2) is 0 Å². The van der Waals surface area contributed by atoms with Gasteiger partial charge >= 0.3 is 0 Å². The van der Waals surface area contributed by atoms with Crippen molar-refractivity contribution in [3.63, 3.8) is 0 Å². The largest absolute Gasteiger partial charge is 0.456 e. The van der Waals surface area contributed by atoms with E-state index in [9.17, 15) is 5.26 Å². The lowest BCUT2D eigenvalue weighted by molar-refractivity contribution is 0.656. The van der Waals surface area contributed by atoms with Gasteiger partial charge in [0, 0.05) is 73.3 Å². The minimum Gasteiger partial charge on any atom is -0.456 e. The number of nitrogens with zero attached hydrogens (tertiary/aromatic N) is 4. The predicted octanol–water partition coefficient (Wildman–Crippen LogP) is 17.0. The standard InChI is InChI=1S/C58H42N4O2/c1-33-24-43(25-34(2)37(33)5)61(41-20-16-39(32-59)17-21-41)51-29-55-57(47-14-10-8-12-45(47)51)49-28-50-54(31-53(49)63-55)64-56-30-52(46-13-9-11-15-48(46)58(50)56)62(42-22-18-40(60-7)19-23-42)44-26-35(3)38(6)36(4)27-44/h8-31H,1-6H3. The van der Waals surface area contributed by atoms with E-state index < -0.39 is 0 Å². The Bertz CT molecular complexity index is 3530. The fraction of sp³-hybridized carbons (Fsp3) is 0.103. The molecule has 0 saturated carbocycles. The van der Waals surface area contributed by atoms with Crippen LogP contribution in [0.25, 0.3) is 70.3 Å². The second-order valence-corrected chi connectivity index (χ2v) is 17.0. The highest BCUT2D eigenvalue weighted by molar-refractivity contribution is 6.28. The van der Waals surface area contributed by atoms with Crippen molar-refractivity contribution in [2.24, 2.45) is 0 Å². The summed E-state index contributed by atoms with van der Waals surface area (Å²) in [6, 6.07) is 52.6. The third-order valence-electron chi connectivity index (χ3n) is 13.3. The summed E-state index contributed by atoms with van der Waals surface area (Å²) in [7, 11) is 0. The lowest BCUT2D eigenvalue weighted by Gasteiger charge is -2.28. The Labute approximate surface area is 371 Å². The summed E-state index contributed by atoms with van der Waals surface area (Å²) in [4.78, 5) is 8.24. The van der Waals surface area contributed by atoms with Crippen LogP contribution in [0.2, 0.25) is 0 Å². The zero-order valence-corrected chi connectivity index (χ0v) is 36.5. The van der Waals surface area contributed by atoms with Crippen molar-refractivity contribution in [2.75, 3.05) is 9.80 Å². The molecular formula is C58H42N4O2. The van der Waals surface area contributed by atoms with Gasteiger partial charge in [0.1, 0.15) is 22.3 Å². The molecule has 0 atom stereocenters. The molecule has 0 aliphatic heterocycles. The van der Waals surface area contributed by atoms with Crippen LogP contribution in [0.5, 0.6) is 0 Å². The molecule has 0 fully saturated rings. The fourth-order valence-corrected chi connectivity index (χ4v) is 9.61. The first-order chi connectivity index (χ1) is 31.1. The summed E-state index contributed by atoms with van der Waals surface area (Å²) in [5.74, 6) is 0. The molecule has 2 aromatic heterocycles. The van der Waals surface area contributed by atoms with E-state index in [1.54, 1.807) is 0 Å². The number of anilines is 6. The summed E-state index contributed by atoms with van der Waals surface area (Å²) in [5, 5.41) is 18.1. The number of hydrogen-bond donors (Lipinski definition) is 0. The lowest BCUT2D eigenvalue weighted by atomic mass is 9.97. The van der Waals surface area contributed by atoms with Crippen molar-refractivity contribution in [1.29, 1.82) is 5.26 Å². The summed E-state index contributed by atoms with van der Waals surface area (Å²) >= 11 is 0. The van der Waals surface area contributed by atoms with Gasteiger partial charge in [-0.25, -0.2) is 4.85 Å². The fourth-order valence-electron chi connectivity index (χ4n) is 9.61. The van der Waals surface area contributed by atoms with Crippen LogP contribution in [0.15, 0.2) is 154 Å². The zero-order chi connectivity index (χ0) is 44.0. The first-order valence-electron chi connectivity index (χ1n) is 21.5. The van der Waals surface area contributed by atoms with E-state index in [1.807, 2.05) is 54.6 Å². The Morgan fingerprint density at radius 3 is 1.25 bits per heavy atom. The Balaban J connectivity index is 1.15. The van der Waals surface area contributed by atoms with Crippen LogP contribution >= 0.6 is 0 Å². The molecule has 0 amide bonds. The Hall–Kier alpha value is -8.32. The number of furan rings is 2. The Morgan fingerprint density at radius 2 is 0.844 bits per heavy atom. The molecule has 0 radical (unpaired) electrons. The van der Waals surface area contributed by atoms with Gasteiger partial charge in [-0.15, -0.1) is 0 Å². The summed E-state index contributed by atoms with van der Waals surface area (Å²) in [6.07, 6.45) is 0. The third-order valence-corrected chi connectivity index (χ3v) is 13.3. The number of nitriles is 1. The van der Waals surface area contributed by atoms with E-state index in [1.165, 1.54) is 33.4 Å². The van der Waals surface area contributed by atoms with Crippen molar-refractivity contribution >= 4 is 105 Å². The topological polar surface area (TPSA) is 60.9 Å². The molecule has 11 rings (SSSR count). The van der Waals surface area contributed by atoms with Gasteiger partial charge in [-0.3, -0.25) is 0 Å². The van der Waals surface area contributed by atoms with Crippen LogP contribution < -0.4 is 9.80 Å². The zero-order valence-electron chi connectivity index (χ0n) is 36.5. The monoisotopic (exact) mass is 826 g/mol. The molecule has 0 saturated heterocycles. The molecule has 306 valence electrons. The maximum atomic E-state index is 9.67. The summed E-state index contributed by atoms with van der Waals surface area (Å²) in [5.41, 5.74) is 17.6. The maximum Gasteiger partial charge on any atom is 0.187 e. The van der Waals surface area contributed by atoms with Gasteiger partial charge in [0.25, 0.3) is 0 Å². The van der Waals surface area contributed by atoms with E-state index in [-0.39, 0.29) is 0 Å². The van der Waals surface area contributed by atoms with Gasteiger partial charge in [-0.05, 0) is 152 Å². The molecule has 64 heavy (non-hydrogen) atoms. The first kappa shape index (κ1) is 38.6. The molecule has 0 spiro atoms. The Morgan fingerprint density at radius 1 is 0.438 bits per heavy atom. The van der Waals surface area contributed by atoms with Crippen molar-refractivity contribution in [1.82, 2.24) is 0 Å². The molecule has 6 heteroatoms. The normalized spacial score (nSPS) is 11.6. The summed E-state index contributed by atoms with van der Waals surface area (Å²) in [6.45, 7) is 20.6. The van der Waals surface area contributed by atoms with Crippen LogP contribution in [0.3, 0.4) is 0 Å². The van der Waals surface area contributed by atoms with E-state index in [0.717, 1.165) is 99.5 Å². The van der Waals surface area contributed by atoms with Crippen molar-refractivity contribution < 1.29 is 8.83 Å².